The van der Waals surface area contributed by atoms with Crippen molar-refractivity contribution in [1.29, 1.82) is 0 Å². The van der Waals surface area contributed by atoms with Crippen LogP contribution in [0.3, 0.4) is 0 Å². The predicted octanol–water partition coefficient (Wildman–Crippen LogP) is 2.60. The first-order valence-corrected chi connectivity index (χ1v) is 7.70. The summed E-state index contributed by atoms with van der Waals surface area (Å²) in [5, 5.41) is -0.306. The van der Waals surface area contributed by atoms with Gasteiger partial charge in [-0.15, -0.1) is 11.8 Å². The van der Waals surface area contributed by atoms with Crippen molar-refractivity contribution >= 4 is 29.3 Å². The average Bonchev–Trinajstić information content (AvgIpc) is 2.68. The molecule has 5 heteroatoms. The molecule has 0 spiro atoms. The highest BCUT2D eigenvalue weighted by Crippen LogP contribution is 2.33. The molecule has 0 radical (unpaired) electrons. The van der Waals surface area contributed by atoms with Gasteiger partial charge in [0.05, 0.1) is 5.25 Å². The number of likely N-dealkylation sites (tertiary alicyclic amines) is 1. The van der Waals surface area contributed by atoms with Gasteiger partial charge in [-0.1, -0.05) is 6.92 Å². The molecule has 2 amide bonds. The highest BCUT2D eigenvalue weighted by atomic mass is 32.2. The standard InChI is InChI=1S/C15H20N2O2S/c1-4-10(3)17-14(18)8-13(15(17)19)20-11-5-6-12(16)9(2)7-11/h5-7,10,13H,4,8,16H2,1-3H3. The van der Waals surface area contributed by atoms with Gasteiger partial charge >= 0.3 is 0 Å². The zero-order valence-corrected chi connectivity index (χ0v) is 12.9. The van der Waals surface area contributed by atoms with Crippen molar-refractivity contribution in [2.75, 3.05) is 5.73 Å². The molecule has 2 rings (SSSR count). The minimum Gasteiger partial charge on any atom is -0.399 e. The minimum absolute atomic E-state index is 0.0197. The van der Waals surface area contributed by atoms with E-state index in [1.54, 1.807) is 0 Å². The molecule has 1 aliphatic rings. The quantitative estimate of drug-likeness (QED) is 0.684. The predicted molar refractivity (Wildman–Crippen MR) is 81.5 cm³/mol. The van der Waals surface area contributed by atoms with Gasteiger partial charge < -0.3 is 5.73 Å². The molecule has 4 nitrogen and oxygen atoms in total. The Labute approximate surface area is 123 Å². The summed E-state index contributed by atoms with van der Waals surface area (Å²) in [7, 11) is 0. The van der Waals surface area contributed by atoms with Crippen LogP contribution in [0.15, 0.2) is 23.1 Å². The van der Waals surface area contributed by atoms with Crippen LogP contribution in [-0.2, 0) is 9.59 Å². The molecule has 1 fully saturated rings. The molecule has 2 N–H and O–H groups in total. The van der Waals surface area contributed by atoms with Crippen LogP contribution in [0.5, 0.6) is 0 Å². The van der Waals surface area contributed by atoms with Crippen molar-refractivity contribution in [2.24, 2.45) is 0 Å². The SMILES string of the molecule is CCC(C)N1C(=O)CC(Sc2ccc(N)c(C)c2)C1=O. The van der Waals surface area contributed by atoms with Gasteiger partial charge in [-0.05, 0) is 44.0 Å². The summed E-state index contributed by atoms with van der Waals surface area (Å²) in [6.07, 6.45) is 1.08. The number of nitrogens with zero attached hydrogens (tertiary/aromatic N) is 1. The number of hydrogen-bond donors (Lipinski definition) is 1. The smallest absolute Gasteiger partial charge is 0.243 e. The van der Waals surface area contributed by atoms with Crippen LogP contribution in [0.2, 0.25) is 0 Å². The van der Waals surface area contributed by atoms with Crippen molar-refractivity contribution < 1.29 is 9.59 Å². The number of carbonyl (C=O) groups is 2. The number of benzene rings is 1. The Balaban J connectivity index is 2.13. The molecule has 2 atom stereocenters. The first kappa shape index (κ1) is 14.9. The third-order valence-corrected chi connectivity index (χ3v) is 4.87. The number of rotatable bonds is 4. The van der Waals surface area contributed by atoms with E-state index in [0.29, 0.717) is 0 Å². The topological polar surface area (TPSA) is 63.4 Å². The van der Waals surface area contributed by atoms with Gasteiger partial charge in [0.1, 0.15) is 0 Å². The van der Waals surface area contributed by atoms with E-state index in [-0.39, 0.29) is 29.5 Å². The van der Waals surface area contributed by atoms with E-state index in [9.17, 15) is 9.59 Å². The van der Waals surface area contributed by atoms with Crippen LogP contribution >= 0.6 is 11.8 Å². The fourth-order valence-electron chi connectivity index (χ4n) is 2.25. The Kier molecular flexibility index (Phi) is 4.38. The molecule has 0 saturated carbocycles. The molecule has 2 unspecified atom stereocenters. The van der Waals surface area contributed by atoms with Gasteiger partial charge in [0.2, 0.25) is 11.8 Å². The maximum Gasteiger partial charge on any atom is 0.243 e. The van der Waals surface area contributed by atoms with Gasteiger partial charge in [-0.25, -0.2) is 0 Å². The summed E-state index contributed by atoms with van der Waals surface area (Å²) < 4.78 is 0. The lowest BCUT2D eigenvalue weighted by Gasteiger charge is -2.21. The fraction of sp³-hybridized carbons (Fsp3) is 0.467. The number of hydrogen-bond acceptors (Lipinski definition) is 4. The Morgan fingerprint density at radius 2 is 2.15 bits per heavy atom. The zero-order chi connectivity index (χ0) is 14.9. The lowest BCUT2D eigenvalue weighted by atomic mass is 10.2. The van der Waals surface area contributed by atoms with E-state index in [1.165, 1.54) is 16.7 Å². The summed E-state index contributed by atoms with van der Waals surface area (Å²) in [6.45, 7) is 5.83. The van der Waals surface area contributed by atoms with Crippen molar-refractivity contribution in [3.63, 3.8) is 0 Å². The molecule has 0 bridgehead atoms. The van der Waals surface area contributed by atoms with Crippen LogP contribution in [0, 0.1) is 6.92 Å². The largest absolute Gasteiger partial charge is 0.399 e. The second kappa shape index (κ2) is 5.87. The second-order valence-electron chi connectivity index (χ2n) is 5.19. The number of anilines is 1. The van der Waals surface area contributed by atoms with Crippen LogP contribution in [0.1, 0.15) is 32.3 Å². The summed E-state index contributed by atoms with van der Waals surface area (Å²) >= 11 is 1.45. The lowest BCUT2D eigenvalue weighted by molar-refractivity contribution is -0.140. The van der Waals surface area contributed by atoms with Crippen molar-refractivity contribution in [3.05, 3.63) is 23.8 Å². The van der Waals surface area contributed by atoms with Gasteiger partial charge in [0.15, 0.2) is 0 Å². The molecule has 0 aromatic heterocycles. The van der Waals surface area contributed by atoms with Crippen LogP contribution in [-0.4, -0.2) is 28.0 Å². The van der Waals surface area contributed by atoms with Gasteiger partial charge in [-0.2, -0.15) is 0 Å². The first-order chi connectivity index (χ1) is 9.43. The highest BCUT2D eigenvalue weighted by molar-refractivity contribution is 8.00. The van der Waals surface area contributed by atoms with E-state index < -0.39 is 0 Å². The van der Waals surface area contributed by atoms with Crippen molar-refractivity contribution in [2.45, 2.75) is 49.8 Å². The van der Waals surface area contributed by atoms with E-state index in [2.05, 4.69) is 0 Å². The average molecular weight is 292 g/mol. The third-order valence-electron chi connectivity index (χ3n) is 3.69. The monoisotopic (exact) mass is 292 g/mol. The molecule has 1 aromatic rings. The number of thioether (sulfide) groups is 1. The second-order valence-corrected chi connectivity index (χ2v) is 6.46. The molecular formula is C15H20N2O2S. The zero-order valence-electron chi connectivity index (χ0n) is 12.1. The first-order valence-electron chi connectivity index (χ1n) is 6.82. The van der Waals surface area contributed by atoms with Crippen molar-refractivity contribution in [1.82, 2.24) is 4.90 Å². The number of carbonyl (C=O) groups excluding carboxylic acids is 2. The summed E-state index contributed by atoms with van der Waals surface area (Å²) in [5.41, 5.74) is 7.52. The summed E-state index contributed by atoms with van der Waals surface area (Å²) in [5.74, 6) is -0.127. The summed E-state index contributed by atoms with van der Waals surface area (Å²) in [6, 6.07) is 5.68. The Morgan fingerprint density at radius 1 is 1.45 bits per heavy atom. The Morgan fingerprint density at radius 3 is 2.75 bits per heavy atom. The molecule has 1 saturated heterocycles. The minimum atomic E-state index is -0.306. The van der Waals surface area contributed by atoms with Gasteiger partial charge in [0, 0.05) is 23.0 Å². The van der Waals surface area contributed by atoms with E-state index in [4.69, 9.17) is 5.73 Å². The lowest BCUT2D eigenvalue weighted by Crippen LogP contribution is -2.38. The summed E-state index contributed by atoms with van der Waals surface area (Å²) in [4.78, 5) is 26.7. The third kappa shape index (κ3) is 2.82. The normalized spacial score (nSPS) is 20.6. The number of amides is 2. The molecule has 1 aromatic carbocycles. The molecule has 1 aliphatic heterocycles. The van der Waals surface area contributed by atoms with E-state index in [1.807, 2.05) is 39.0 Å². The molecule has 0 aliphatic carbocycles. The molecule has 20 heavy (non-hydrogen) atoms. The maximum atomic E-state index is 12.3. The van der Waals surface area contributed by atoms with Crippen molar-refractivity contribution in [3.8, 4) is 0 Å². The van der Waals surface area contributed by atoms with Crippen LogP contribution < -0.4 is 5.73 Å². The Bertz CT molecular complexity index is 545. The maximum absolute atomic E-state index is 12.3. The highest BCUT2D eigenvalue weighted by Gasteiger charge is 2.41. The van der Waals surface area contributed by atoms with Crippen LogP contribution in [0.4, 0.5) is 5.69 Å². The molecule has 108 valence electrons. The van der Waals surface area contributed by atoms with Crippen LogP contribution in [0.25, 0.3) is 0 Å². The van der Waals surface area contributed by atoms with Gasteiger partial charge in [0.25, 0.3) is 0 Å². The molecular weight excluding hydrogens is 272 g/mol. The number of nitrogens with two attached hydrogens (primary N) is 1. The number of nitrogen functional groups attached to an aromatic ring is 1. The number of imide groups is 1. The fourth-order valence-corrected chi connectivity index (χ4v) is 3.41. The van der Waals surface area contributed by atoms with E-state index >= 15 is 0 Å². The van der Waals surface area contributed by atoms with E-state index in [0.717, 1.165) is 22.6 Å². The molecule has 1 heterocycles. The number of aryl methyl sites for hydroxylation is 1. The van der Waals surface area contributed by atoms with Gasteiger partial charge in [-0.3, -0.25) is 14.5 Å². The Hall–Kier alpha value is -1.49.